The van der Waals surface area contributed by atoms with Crippen molar-refractivity contribution < 1.29 is 9.90 Å². The van der Waals surface area contributed by atoms with Crippen LogP contribution in [0.15, 0.2) is 11.6 Å². The van der Waals surface area contributed by atoms with Crippen LogP contribution in [0.2, 0.25) is 0 Å². The van der Waals surface area contributed by atoms with Crippen LogP contribution in [-0.4, -0.2) is 29.2 Å². The summed E-state index contributed by atoms with van der Waals surface area (Å²) in [5.41, 5.74) is 1.15. The van der Waals surface area contributed by atoms with E-state index in [1.165, 1.54) is 4.90 Å². The summed E-state index contributed by atoms with van der Waals surface area (Å²) in [4.78, 5) is 11.8. The first-order chi connectivity index (χ1) is 4.70. The topological polar surface area (TPSA) is 40.5 Å². The molecule has 10 heavy (non-hydrogen) atoms. The summed E-state index contributed by atoms with van der Waals surface area (Å²) in [5.74, 6) is 0. The number of nitrogens with zero attached hydrogens (tertiary/aromatic N) is 1. The van der Waals surface area contributed by atoms with E-state index in [0.717, 1.165) is 12.0 Å². The minimum Gasteiger partial charge on any atom is -0.465 e. The average Bonchev–Trinajstić information content (AvgIpc) is 1.88. The summed E-state index contributed by atoms with van der Waals surface area (Å²) in [6.45, 7) is 3.18. The van der Waals surface area contributed by atoms with Crippen LogP contribution in [0, 0.1) is 0 Å². The standard InChI is InChI=1S/C7H11NO2/c1-6-3-2-4-8(5-6)7(9)10/h3H,2,4-5H2,1H3,(H,9,10). The maximum absolute atomic E-state index is 10.4. The molecule has 0 saturated heterocycles. The Labute approximate surface area is 59.9 Å². The van der Waals surface area contributed by atoms with E-state index in [0.29, 0.717) is 13.1 Å². The van der Waals surface area contributed by atoms with E-state index >= 15 is 0 Å². The first-order valence-corrected chi connectivity index (χ1v) is 3.33. The van der Waals surface area contributed by atoms with E-state index in [2.05, 4.69) is 6.08 Å². The van der Waals surface area contributed by atoms with Crippen LogP contribution in [0.1, 0.15) is 13.3 Å². The highest BCUT2D eigenvalue weighted by atomic mass is 16.4. The van der Waals surface area contributed by atoms with Crippen molar-refractivity contribution in [3.05, 3.63) is 11.6 Å². The largest absolute Gasteiger partial charge is 0.465 e. The number of hydrogen-bond donors (Lipinski definition) is 1. The molecule has 1 aliphatic heterocycles. The fraction of sp³-hybridized carbons (Fsp3) is 0.571. The van der Waals surface area contributed by atoms with Crippen LogP contribution in [0.3, 0.4) is 0 Å². The highest BCUT2D eigenvalue weighted by molar-refractivity contribution is 5.65. The predicted octanol–water partition coefficient (Wildman–Crippen LogP) is 1.32. The molecule has 0 radical (unpaired) electrons. The summed E-state index contributed by atoms with van der Waals surface area (Å²) < 4.78 is 0. The molecule has 0 spiro atoms. The van der Waals surface area contributed by atoms with Crippen LogP contribution in [0.4, 0.5) is 4.79 Å². The van der Waals surface area contributed by atoms with Crippen molar-refractivity contribution in [2.75, 3.05) is 13.1 Å². The number of amides is 1. The van der Waals surface area contributed by atoms with E-state index in [-0.39, 0.29) is 0 Å². The first kappa shape index (κ1) is 7.12. The molecule has 0 aromatic carbocycles. The fourth-order valence-corrected chi connectivity index (χ4v) is 1.07. The second-order valence-corrected chi connectivity index (χ2v) is 2.54. The van der Waals surface area contributed by atoms with Gasteiger partial charge in [-0.2, -0.15) is 0 Å². The van der Waals surface area contributed by atoms with Crippen molar-refractivity contribution >= 4 is 6.09 Å². The zero-order valence-corrected chi connectivity index (χ0v) is 6.00. The number of carbonyl (C=O) groups is 1. The van der Waals surface area contributed by atoms with Gasteiger partial charge in [0.05, 0.1) is 0 Å². The smallest absolute Gasteiger partial charge is 0.407 e. The molecule has 1 amide bonds. The second-order valence-electron chi connectivity index (χ2n) is 2.54. The molecule has 3 nitrogen and oxygen atoms in total. The minimum atomic E-state index is -0.813. The third kappa shape index (κ3) is 1.50. The van der Waals surface area contributed by atoms with Crippen molar-refractivity contribution in [1.82, 2.24) is 4.90 Å². The molecular formula is C7H11NO2. The lowest BCUT2D eigenvalue weighted by Gasteiger charge is -2.22. The molecule has 0 atom stereocenters. The van der Waals surface area contributed by atoms with E-state index in [1.54, 1.807) is 0 Å². The summed E-state index contributed by atoms with van der Waals surface area (Å²) in [5, 5.41) is 8.55. The zero-order chi connectivity index (χ0) is 7.56. The second kappa shape index (κ2) is 2.73. The Kier molecular flexibility index (Phi) is 1.94. The Morgan fingerprint density at radius 3 is 2.90 bits per heavy atom. The Hall–Kier alpha value is -0.990. The maximum Gasteiger partial charge on any atom is 0.407 e. The third-order valence-electron chi connectivity index (χ3n) is 1.60. The SMILES string of the molecule is CC1=CCCN(C(=O)O)C1. The fourth-order valence-electron chi connectivity index (χ4n) is 1.07. The van der Waals surface area contributed by atoms with E-state index < -0.39 is 6.09 Å². The Balaban J connectivity index is 2.53. The molecule has 1 N–H and O–H groups in total. The predicted molar refractivity (Wildman–Crippen MR) is 38.0 cm³/mol. The van der Waals surface area contributed by atoms with E-state index in [1.807, 2.05) is 6.92 Å². The number of rotatable bonds is 0. The summed E-state index contributed by atoms with van der Waals surface area (Å²) in [6.07, 6.45) is 2.13. The molecule has 0 aliphatic carbocycles. The van der Waals surface area contributed by atoms with Gasteiger partial charge in [0.15, 0.2) is 0 Å². The van der Waals surface area contributed by atoms with Crippen molar-refractivity contribution in [2.24, 2.45) is 0 Å². The highest BCUT2D eigenvalue weighted by Gasteiger charge is 2.13. The monoisotopic (exact) mass is 141 g/mol. The van der Waals surface area contributed by atoms with Gasteiger partial charge in [0.2, 0.25) is 0 Å². The first-order valence-electron chi connectivity index (χ1n) is 3.33. The lowest BCUT2D eigenvalue weighted by molar-refractivity contribution is 0.148. The minimum absolute atomic E-state index is 0.579. The van der Waals surface area contributed by atoms with E-state index in [4.69, 9.17) is 5.11 Å². The van der Waals surface area contributed by atoms with Crippen LogP contribution in [0.5, 0.6) is 0 Å². The van der Waals surface area contributed by atoms with Gasteiger partial charge in [-0.15, -0.1) is 0 Å². The molecule has 0 aromatic rings. The Morgan fingerprint density at radius 1 is 1.80 bits per heavy atom. The lowest BCUT2D eigenvalue weighted by Crippen LogP contribution is -2.33. The molecule has 0 saturated carbocycles. The van der Waals surface area contributed by atoms with Gasteiger partial charge >= 0.3 is 6.09 Å². The van der Waals surface area contributed by atoms with Gasteiger partial charge in [0, 0.05) is 13.1 Å². The van der Waals surface area contributed by atoms with Crippen LogP contribution in [-0.2, 0) is 0 Å². The maximum atomic E-state index is 10.4. The Morgan fingerprint density at radius 2 is 2.50 bits per heavy atom. The number of carboxylic acid groups (broad SMARTS) is 1. The van der Waals surface area contributed by atoms with Gasteiger partial charge < -0.3 is 10.0 Å². The molecule has 0 fully saturated rings. The number of hydrogen-bond acceptors (Lipinski definition) is 1. The molecule has 3 heteroatoms. The summed E-state index contributed by atoms with van der Waals surface area (Å²) >= 11 is 0. The van der Waals surface area contributed by atoms with Gasteiger partial charge in [-0.3, -0.25) is 0 Å². The Bertz CT molecular complexity index is 174. The van der Waals surface area contributed by atoms with Gasteiger partial charge in [-0.25, -0.2) is 4.79 Å². The normalized spacial score (nSPS) is 18.5. The molecule has 0 unspecified atom stereocenters. The molecule has 56 valence electrons. The van der Waals surface area contributed by atoms with Crippen LogP contribution < -0.4 is 0 Å². The molecular weight excluding hydrogens is 130 g/mol. The third-order valence-corrected chi connectivity index (χ3v) is 1.60. The van der Waals surface area contributed by atoms with Crippen molar-refractivity contribution in [3.63, 3.8) is 0 Å². The van der Waals surface area contributed by atoms with Crippen molar-refractivity contribution in [1.29, 1.82) is 0 Å². The highest BCUT2D eigenvalue weighted by Crippen LogP contribution is 2.07. The molecule has 0 bridgehead atoms. The average molecular weight is 141 g/mol. The van der Waals surface area contributed by atoms with E-state index in [9.17, 15) is 4.79 Å². The van der Waals surface area contributed by atoms with Crippen LogP contribution in [0.25, 0.3) is 0 Å². The molecule has 1 aliphatic rings. The molecule has 1 rings (SSSR count). The van der Waals surface area contributed by atoms with Gasteiger partial charge in [-0.05, 0) is 13.3 Å². The lowest BCUT2D eigenvalue weighted by atomic mass is 10.1. The van der Waals surface area contributed by atoms with Gasteiger partial charge in [0.25, 0.3) is 0 Å². The summed E-state index contributed by atoms with van der Waals surface area (Å²) in [6, 6.07) is 0. The van der Waals surface area contributed by atoms with Gasteiger partial charge in [-0.1, -0.05) is 11.6 Å². The van der Waals surface area contributed by atoms with Crippen molar-refractivity contribution in [2.45, 2.75) is 13.3 Å². The zero-order valence-electron chi connectivity index (χ0n) is 6.00. The van der Waals surface area contributed by atoms with Crippen LogP contribution >= 0.6 is 0 Å². The van der Waals surface area contributed by atoms with Crippen molar-refractivity contribution in [3.8, 4) is 0 Å². The van der Waals surface area contributed by atoms with Gasteiger partial charge in [0.1, 0.15) is 0 Å². The quantitative estimate of drug-likeness (QED) is 0.517. The molecule has 0 aromatic heterocycles. The molecule has 1 heterocycles. The summed E-state index contributed by atoms with van der Waals surface area (Å²) in [7, 11) is 0.